The zero-order valence-electron chi connectivity index (χ0n) is 16.5. The predicted molar refractivity (Wildman–Crippen MR) is 106 cm³/mol. The number of methoxy groups -OCH3 is 3. The Morgan fingerprint density at radius 3 is 1.96 bits per heavy atom. The van der Waals surface area contributed by atoms with E-state index in [0.717, 1.165) is 4.90 Å². The van der Waals surface area contributed by atoms with Crippen LogP contribution in [-0.2, 0) is 9.59 Å². The number of nitrogens with one attached hydrogen (secondary N) is 3. The Hall–Kier alpha value is -3.26. The van der Waals surface area contributed by atoms with Crippen LogP contribution in [0.25, 0.3) is 0 Å². The molecule has 0 aliphatic carbocycles. The molecule has 0 saturated carbocycles. The lowest BCUT2D eigenvalue weighted by atomic mass is 10.2. The van der Waals surface area contributed by atoms with Gasteiger partial charge in [0.15, 0.2) is 13.1 Å². The molecule has 2 amide bonds. The Kier molecular flexibility index (Phi) is 7.65. The first-order valence-corrected chi connectivity index (χ1v) is 8.72. The van der Waals surface area contributed by atoms with Crippen LogP contribution in [-0.4, -0.2) is 53.3 Å². The molecule has 2 aromatic carbocycles. The molecule has 0 fully saturated rings. The molecule has 8 heteroatoms. The average molecular weight is 388 g/mol. The summed E-state index contributed by atoms with van der Waals surface area (Å²) in [7, 11) is 6.44. The average Bonchev–Trinajstić information content (AvgIpc) is 2.68. The number of hydrogen-bond acceptors (Lipinski definition) is 5. The van der Waals surface area contributed by atoms with Crippen molar-refractivity contribution in [1.29, 1.82) is 0 Å². The lowest BCUT2D eigenvalue weighted by Crippen LogP contribution is -3.11. The first kappa shape index (κ1) is 21.0. The van der Waals surface area contributed by atoms with E-state index in [0.29, 0.717) is 28.6 Å². The summed E-state index contributed by atoms with van der Waals surface area (Å²) in [5, 5.41) is 5.59. The van der Waals surface area contributed by atoms with E-state index in [9.17, 15) is 9.59 Å². The van der Waals surface area contributed by atoms with Gasteiger partial charge in [0.25, 0.3) is 11.8 Å². The molecule has 0 heterocycles. The fraction of sp³-hybridized carbons (Fsp3) is 0.300. The van der Waals surface area contributed by atoms with E-state index in [1.54, 1.807) is 63.7 Å². The lowest BCUT2D eigenvalue weighted by Gasteiger charge is -2.15. The first-order valence-electron chi connectivity index (χ1n) is 8.72. The first-order chi connectivity index (χ1) is 13.4. The van der Waals surface area contributed by atoms with Crippen molar-refractivity contribution in [1.82, 2.24) is 0 Å². The summed E-state index contributed by atoms with van der Waals surface area (Å²) in [6.07, 6.45) is 0. The van der Waals surface area contributed by atoms with Crippen LogP contribution in [0.5, 0.6) is 17.2 Å². The normalized spacial score (nSPS) is 11.3. The molecule has 2 rings (SSSR count). The molecular formula is C20H26N3O5+. The maximum absolute atomic E-state index is 12.3. The molecular weight excluding hydrogens is 362 g/mol. The Balaban J connectivity index is 1.85. The molecule has 0 aromatic heterocycles. The zero-order valence-corrected chi connectivity index (χ0v) is 16.5. The summed E-state index contributed by atoms with van der Waals surface area (Å²) in [4.78, 5) is 25.2. The minimum atomic E-state index is -0.224. The Morgan fingerprint density at radius 1 is 0.821 bits per heavy atom. The minimum Gasteiger partial charge on any atom is -0.497 e. The summed E-state index contributed by atoms with van der Waals surface area (Å²) in [5.74, 6) is 1.44. The van der Waals surface area contributed by atoms with Crippen molar-refractivity contribution in [3.8, 4) is 17.2 Å². The number of hydrogen-bond donors (Lipinski definition) is 3. The second kappa shape index (κ2) is 10.2. The van der Waals surface area contributed by atoms with E-state index in [1.807, 2.05) is 0 Å². The number of amides is 2. The maximum atomic E-state index is 12.3. The third-order valence-corrected chi connectivity index (χ3v) is 3.98. The fourth-order valence-electron chi connectivity index (χ4n) is 2.59. The molecule has 0 spiro atoms. The zero-order chi connectivity index (χ0) is 20.5. The van der Waals surface area contributed by atoms with Crippen LogP contribution in [0.1, 0.15) is 0 Å². The standard InChI is InChI=1S/C20H25N3O5/c1-23(12-19(24)21-14-5-7-15(26-2)8-6-14)13-20(25)22-17-10-9-16(27-3)11-18(17)28-4/h5-11H,12-13H2,1-4H3,(H,21,24)(H,22,25)/p+1. The van der Waals surface area contributed by atoms with Gasteiger partial charge in [-0.05, 0) is 36.4 Å². The van der Waals surface area contributed by atoms with Gasteiger partial charge in [0.2, 0.25) is 0 Å². The fourth-order valence-corrected chi connectivity index (χ4v) is 2.59. The number of anilines is 2. The van der Waals surface area contributed by atoms with Crippen molar-refractivity contribution in [3.63, 3.8) is 0 Å². The predicted octanol–water partition coefficient (Wildman–Crippen LogP) is 0.804. The van der Waals surface area contributed by atoms with Crippen LogP contribution in [0.15, 0.2) is 42.5 Å². The topological polar surface area (TPSA) is 90.3 Å². The molecule has 0 aliphatic rings. The third kappa shape index (κ3) is 6.17. The van der Waals surface area contributed by atoms with Crippen molar-refractivity contribution >= 4 is 23.2 Å². The van der Waals surface area contributed by atoms with E-state index in [4.69, 9.17) is 14.2 Å². The molecule has 28 heavy (non-hydrogen) atoms. The van der Waals surface area contributed by atoms with E-state index in [2.05, 4.69) is 10.6 Å². The smallest absolute Gasteiger partial charge is 0.279 e. The summed E-state index contributed by atoms with van der Waals surface area (Å²) in [5.41, 5.74) is 1.22. The number of ether oxygens (including phenoxy) is 3. The van der Waals surface area contributed by atoms with Crippen molar-refractivity contribution < 1.29 is 28.7 Å². The Labute approximate surface area is 164 Å². The number of benzene rings is 2. The molecule has 150 valence electrons. The number of likely N-dealkylation sites (N-methyl/N-ethyl adjacent to an activating group) is 1. The monoisotopic (exact) mass is 388 g/mol. The highest BCUT2D eigenvalue weighted by atomic mass is 16.5. The summed E-state index contributed by atoms with van der Waals surface area (Å²) < 4.78 is 15.5. The van der Waals surface area contributed by atoms with Gasteiger partial charge in [-0.2, -0.15) is 0 Å². The highest BCUT2D eigenvalue weighted by Gasteiger charge is 2.16. The summed E-state index contributed by atoms with van der Waals surface area (Å²) in [6.45, 7) is 0.282. The third-order valence-electron chi connectivity index (χ3n) is 3.98. The molecule has 1 unspecified atom stereocenters. The second-order valence-electron chi connectivity index (χ2n) is 6.20. The highest BCUT2D eigenvalue weighted by Crippen LogP contribution is 2.28. The van der Waals surface area contributed by atoms with Crippen LogP contribution >= 0.6 is 0 Å². The van der Waals surface area contributed by atoms with Gasteiger partial charge in [-0.1, -0.05) is 0 Å². The van der Waals surface area contributed by atoms with Gasteiger partial charge in [0, 0.05) is 11.8 Å². The van der Waals surface area contributed by atoms with Gasteiger partial charge in [0.1, 0.15) is 17.2 Å². The van der Waals surface area contributed by atoms with Crippen molar-refractivity contribution in [3.05, 3.63) is 42.5 Å². The molecule has 2 aromatic rings. The molecule has 1 atom stereocenters. The molecule has 0 aliphatic heterocycles. The van der Waals surface area contributed by atoms with Crippen molar-refractivity contribution in [2.24, 2.45) is 0 Å². The van der Waals surface area contributed by atoms with Gasteiger partial charge in [-0.15, -0.1) is 0 Å². The highest BCUT2D eigenvalue weighted by molar-refractivity contribution is 5.94. The Morgan fingerprint density at radius 2 is 1.39 bits per heavy atom. The van der Waals surface area contributed by atoms with Gasteiger partial charge in [0.05, 0.1) is 34.1 Å². The lowest BCUT2D eigenvalue weighted by molar-refractivity contribution is -0.862. The van der Waals surface area contributed by atoms with Crippen LogP contribution < -0.4 is 29.7 Å². The molecule has 0 saturated heterocycles. The van der Waals surface area contributed by atoms with Crippen LogP contribution in [0.3, 0.4) is 0 Å². The number of carbonyl (C=O) groups excluding carboxylic acids is 2. The van der Waals surface area contributed by atoms with E-state index >= 15 is 0 Å². The number of quaternary nitrogens is 1. The largest absolute Gasteiger partial charge is 0.497 e. The molecule has 0 bridgehead atoms. The van der Waals surface area contributed by atoms with Crippen LogP contribution in [0, 0.1) is 0 Å². The van der Waals surface area contributed by atoms with E-state index in [-0.39, 0.29) is 24.9 Å². The Bertz CT molecular complexity index is 808. The van der Waals surface area contributed by atoms with Crippen molar-refractivity contribution in [2.75, 3.05) is 52.1 Å². The molecule has 3 N–H and O–H groups in total. The van der Waals surface area contributed by atoms with Gasteiger partial charge in [-0.3, -0.25) is 9.59 Å². The van der Waals surface area contributed by atoms with E-state index < -0.39 is 0 Å². The van der Waals surface area contributed by atoms with Gasteiger partial charge >= 0.3 is 0 Å². The quantitative estimate of drug-likeness (QED) is 0.591. The summed E-state index contributed by atoms with van der Waals surface area (Å²) in [6, 6.07) is 12.2. The molecule has 8 nitrogen and oxygen atoms in total. The molecule has 0 radical (unpaired) electrons. The number of rotatable bonds is 9. The summed E-state index contributed by atoms with van der Waals surface area (Å²) >= 11 is 0. The van der Waals surface area contributed by atoms with Crippen molar-refractivity contribution in [2.45, 2.75) is 0 Å². The SMILES string of the molecule is COc1ccc(NC(=O)C[NH+](C)CC(=O)Nc2ccc(OC)cc2OC)cc1. The number of carbonyl (C=O) groups is 2. The second-order valence-corrected chi connectivity index (χ2v) is 6.20. The minimum absolute atomic E-state index is 0.130. The van der Waals surface area contributed by atoms with Crippen LogP contribution in [0.4, 0.5) is 11.4 Å². The van der Waals surface area contributed by atoms with Gasteiger partial charge < -0.3 is 29.7 Å². The van der Waals surface area contributed by atoms with Gasteiger partial charge in [-0.25, -0.2) is 0 Å². The van der Waals surface area contributed by atoms with Crippen LogP contribution in [0.2, 0.25) is 0 Å². The maximum Gasteiger partial charge on any atom is 0.279 e. The van der Waals surface area contributed by atoms with E-state index in [1.165, 1.54) is 7.11 Å².